The number of benzene rings is 2. The molecule has 0 aliphatic heterocycles. The summed E-state index contributed by atoms with van der Waals surface area (Å²) >= 11 is 0. The maximum Gasteiger partial charge on any atom is 0.346 e. The van der Waals surface area contributed by atoms with Gasteiger partial charge in [0, 0.05) is 17.7 Å². The highest BCUT2D eigenvalue weighted by molar-refractivity contribution is 5.91. The zero-order valence-electron chi connectivity index (χ0n) is 14.0. The molecular formula is C20H19F3O2. The minimum atomic E-state index is -0.977. The first-order chi connectivity index (χ1) is 12.0. The number of hydrogen-bond donors (Lipinski definition) is 0. The second-order valence-corrected chi connectivity index (χ2v) is 6.48. The first kappa shape index (κ1) is 17.5. The molecule has 1 aliphatic rings. The molecule has 2 aromatic rings. The number of esters is 1. The number of ether oxygens (including phenoxy) is 1. The van der Waals surface area contributed by atoms with Gasteiger partial charge in [0.2, 0.25) is 0 Å². The van der Waals surface area contributed by atoms with Crippen LogP contribution in [0.15, 0.2) is 30.3 Å². The third kappa shape index (κ3) is 3.86. The summed E-state index contributed by atoms with van der Waals surface area (Å²) < 4.78 is 46.3. The van der Waals surface area contributed by atoms with Gasteiger partial charge in [0.05, 0.1) is 5.56 Å². The van der Waals surface area contributed by atoms with E-state index in [1.54, 1.807) is 6.07 Å². The van der Waals surface area contributed by atoms with Gasteiger partial charge in [-0.15, -0.1) is 0 Å². The number of hydrogen-bond acceptors (Lipinski definition) is 2. The summed E-state index contributed by atoms with van der Waals surface area (Å²) in [5, 5.41) is 0. The van der Waals surface area contributed by atoms with Crippen LogP contribution >= 0.6 is 0 Å². The number of carbonyl (C=O) groups excluding carboxylic acids is 1. The van der Waals surface area contributed by atoms with E-state index in [4.69, 9.17) is 4.74 Å². The molecular weight excluding hydrogens is 329 g/mol. The summed E-state index contributed by atoms with van der Waals surface area (Å²) in [5.74, 6) is -3.28. The summed E-state index contributed by atoms with van der Waals surface area (Å²) in [6.45, 7) is 1.28. The lowest BCUT2D eigenvalue weighted by Gasteiger charge is -2.22. The zero-order chi connectivity index (χ0) is 18.0. The van der Waals surface area contributed by atoms with Gasteiger partial charge in [0.25, 0.3) is 0 Å². The minimum Gasteiger partial charge on any atom is -0.423 e. The predicted octanol–water partition coefficient (Wildman–Crippen LogP) is 5.68. The maximum atomic E-state index is 14.3. The minimum absolute atomic E-state index is 0.164. The molecule has 1 fully saturated rings. The zero-order valence-corrected chi connectivity index (χ0v) is 14.0. The molecule has 0 radical (unpaired) electrons. The van der Waals surface area contributed by atoms with Gasteiger partial charge in [-0.1, -0.05) is 25.3 Å². The fourth-order valence-electron chi connectivity index (χ4n) is 3.23. The van der Waals surface area contributed by atoms with Crippen molar-refractivity contribution in [3.05, 3.63) is 64.5 Å². The Bertz CT molecular complexity index is 773. The van der Waals surface area contributed by atoms with Gasteiger partial charge in [-0.2, -0.15) is 0 Å². The molecule has 0 N–H and O–H groups in total. The number of halogens is 3. The van der Waals surface area contributed by atoms with Crippen molar-refractivity contribution in [2.45, 2.75) is 44.9 Å². The van der Waals surface area contributed by atoms with Gasteiger partial charge in [0.1, 0.15) is 23.2 Å². The van der Waals surface area contributed by atoms with Gasteiger partial charge < -0.3 is 4.74 Å². The molecule has 132 valence electrons. The molecule has 0 bridgehead atoms. The second kappa shape index (κ2) is 7.30. The third-order valence-corrected chi connectivity index (χ3v) is 4.75. The van der Waals surface area contributed by atoms with Crippen molar-refractivity contribution in [1.82, 2.24) is 0 Å². The van der Waals surface area contributed by atoms with Crippen LogP contribution in [0.5, 0.6) is 5.75 Å². The van der Waals surface area contributed by atoms with E-state index < -0.39 is 23.4 Å². The highest BCUT2D eigenvalue weighted by atomic mass is 19.1. The van der Waals surface area contributed by atoms with E-state index in [0.717, 1.165) is 43.4 Å². The smallest absolute Gasteiger partial charge is 0.346 e. The first-order valence-corrected chi connectivity index (χ1v) is 8.43. The lowest BCUT2D eigenvalue weighted by molar-refractivity contribution is 0.0729. The van der Waals surface area contributed by atoms with E-state index >= 15 is 0 Å². The summed E-state index contributed by atoms with van der Waals surface area (Å²) in [4.78, 5) is 12.1. The fraction of sp³-hybridized carbons (Fsp3) is 0.350. The van der Waals surface area contributed by atoms with Crippen LogP contribution < -0.4 is 4.74 Å². The van der Waals surface area contributed by atoms with Crippen LogP contribution in [0.4, 0.5) is 13.2 Å². The average molecular weight is 348 g/mol. The summed E-state index contributed by atoms with van der Waals surface area (Å²) in [5.41, 5.74) is 0.463. The Hall–Kier alpha value is -2.30. The molecule has 0 atom stereocenters. The predicted molar refractivity (Wildman–Crippen MR) is 88.3 cm³/mol. The van der Waals surface area contributed by atoms with E-state index in [1.807, 2.05) is 0 Å². The fourth-order valence-corrected chi connectivity index (χ4v) is 3.23. The van der Waals surface area contributed by atoms with Crippen molar-refractivity contribution in [2.75, 3.05) is 0 Å². The summed E-state index contributed by atoms with van der Waals surface area (Å²) in [7, 11) is 0. The highest BCUT2D eigenvalue weighted by Gasteiger charge is 2.20. The van der Waals surface area contributed by atoms with E-state index in [9.17, 15) is 18.0 Å². The van der Waals surface area contributed by atoms with E-state index in [-0.39, 0.29) is 16.9 Å². The first-order valence-electron chi connectivity index (χ1n) is 8.43. The van der Waals surface area contributed by atoms with E-state index in [0.29, 0.717) is 5.92 Å². The Balaban J connectivity index is 1.78. The van der Waals surface area contributed by atoms with Crippen LogP contribution in [0.25, 0.3) is 0 Å². The van der Waals surface area contributed by atoms with Crippen LogP contribution in [-0.4, -0.2) is 5.97 Å². The van der Waals surface area contributed by atoms with Gasteiger partial charge in [-0.05, 0) is 43.4 Å². The quantitative estimate of drug-likeness (QED) is 0.527. The topological polar surface area (TPSA) is 26.3 Å². The van der Waals surface area contributed by atoms with E-state index in [1.165, 1.54) is 25.5 Å². The Labute approximate surface area is 144 Å². The Morgan fingerprint density at radius 3 is 2.20 bits per heavy atom. The number of carbonyl (C=O) groups is 1. The van der Waals surface area contributed by atoms with Crippen LogP contribution in [0, 0.1) is 24.4 Å². The Kier molecular flexibility index (Phi) is 5.11. The molecule has 25 heavy (non-hydrogen) atoms. The molecule has 0 heterocycles. The normalized spacial score (nSPS) is 15.2. The lowest BCUT2D eigenvalue weighted by Crippen LogP contribution is -2.12. The van der Waals surface area contributed by atoms with Crippen molar-refractivity contribution in [1.29, 1.82) is 0 Å². The van der Waals surface area contributed by atoms with Crippen LogP contribution in [0.2, 0.25) is 0 Å². The van der Waals surface area contributed by atoms with Gasteiger partial charge in [-0.3, -0.25) is 0 Å². The third-order valence-electron chi connectivity index (χ3n) is 4.75. The highest BCUT2D eigenvalue weighted by Crippen LogP contribution is 2.33. The van der Waals surface area contributed by atoms with Crippen LogP contribution in [0.3, 0.4) is 0 Å². The monoisotopic (exact) mass is 348 g/mol. The van der Waals surface area contributed by atoms with Crippen molar-refractivity contribution in [2.24, 2.45) is 0 Å². The molecule has 0 spiro atoms. The van der Waals surface area contributed by atoms with E-state index in [2.05, 4.69) is 0 Å². The average Bonchev–Trinajstić information content (AvgIpc) is 2.60. The van der Waals surface area contributed by atoms with Crippen molar-refractivity contribution >= 4 is 5.97 Å². The molecule has 0 amide bonds. The molecule has 2 nitrogen and oxygen atoms in total. The van der Waals surface area contributed by atoms with Crippen LogP contribution in [0.1, 0.15) is 59.5 Å². The lowest BCUT2D eigenvalue weighted by atomic mass is 9.84. The molecule has 0 saturated heterocycles. The molecule has 2 aromatic carbocycles. The Morgan fingerprint density at radius 1 is 0.960 bits per heavy atom. The molecule has 5 heteroatoms. The van der Waals surface area contributed by atoms with Crippen LogP contribution in [-0.2, 0) is 0 Å². The largest absolute Gasteiger partial charge is 0.423 e. The van der Waals surface area contributed by atoms with Crippen molar-refractivity contribution in [3.8, 4) is 5.75 Å². The Morgan fingerprint density at radius 2 is 1.60 bits per heavy atom. The maximum absolute atomic E-state index is 14.3. The second-order valence-electron chi connectivity index (χ2n) is 6.48. The molecule has 1 saturated carbocycles. The number of rotatable bonds is 3. The molecule has 3 rings (SSSR count). The molecule has 1 aliphatic carbocycles. The van der Waals surface area contributed by atoms with Gasteiger partial charge >= 0.3 is 5.97 Å². The van der Waals surface area contributed by atoms with Gasteiger partial charge in [0.15, 0.2) is 0 Å². The summed E-state index contributed by atoms with van der Waals surface area (Å²) in [6, 6.07) is 6.28. The SMILES string of the molecule is Cc1c(F)cc(OC(=O)c2ccc(C3CCCCC3)cc2F)cc1F. The van der Waals surface area contributed by atoms with Crippen molar-refractivity contribution < 1.29 is 22.7 Å². The molecule has 0 aromatic heterocycles. The summed E-state index contributed by atoms with van der Waals surface area (Å²) in [6.07, 6.45) is 5.49. The standard InChI is InChI=1S/C20H19F3O2/c1-12-17(21)10-15(11-18(12)22)25-20(24)16-8-7-14(9-19(16)23)13-5-3-2-4-6-13/h7-11,13H,2-6H2,1H3. The van der Waals surface area contributed by atoms with Gasteiger partial charge in [-0.25, -0.2) is 18.0 Å². The van der Waals surface area contributed by atoms with Crippen molar-refractivity contribution in [3.63, 3.8) is 0 Å². The molecule has 0 unspecified atom stereocenters.